The van der Waals surface area contributed by atoms with Crippen LogP contribution in [0.1, 0.15) is 108 Å². The van der Waals surface area contributed by atoms with Crippen LogP contribution in [0.4, 0.5) is 0 Å². The maximum atomic E-state index is 3.78. The van der Waals surface area contributed by atoms with E-state index in [-0.39, 0.29) is 0 Å². The molecule has 1 atom stereocenters. The van der Waals surface area contributed by atoms with E-state index in [1.807, 2.05) is 0 Å². The number of hydrogen-bond acceptors (Lipinski definition) is 0. The first-order valence-corrected chi connectivity index (χ1v) is 12.2. The third-order valence-corrected chi connectivity index (χ3v) is 6.87. The Kier molecular flexibility index (Phi) is 8.35. The molecular formula is C24H36IN. The first kappa shape index (κ1) is 20.2. The number of fused-ring (bicyclic) bond motifs is 3. The van der Waals surface area contributed by atoms with Gasteiger partial charge in [0.05, 0.1) is 0 Å². The number of nitrogens with one attached hydrogen (secondary N) is 1. The van der Waals surface area contributed by atoms with Crippen LogP contribution in [0.15, 0.2) is 18.2 Å². The lowest BCUT2D eigenvalue weighted by atomic mass is 9.83. The fourth-order valence-electron chi connectivity index (χ4n) is 4.69. The number of aromatic nitrogens is 1. The number of unbranched alkanes of at least 4 members (excludes halogenated alkanes) is 9. The summed E-state index contributed by atoms with van der Waals surface area (Å²) in [6.45, 7) is 2.30. The van der Waals surface area contributed by atoms with Crippen molar-refractivity contribution in [1.29, 1.82) is 0 Å². The van der Waals surface area contributed by atoms with Gasteiger partial charge in [0.15, 0.2) is 0 Å². The molecule has 144 valence electrons. The quantitative estimate of drug-likeness (QED) is 0.253. The van der Waals surface area contributed by atoms with Gasteiger partial charge in [-0.05, 0) is 78.0 Å². The van der Waals surface area contributed by atoms with Crippen molar-refractivity contribution in [2.24, 2.45) is 0 Å². The number of benzene rings is 1. The molecule has 0 fully saturated rings. The van der Waals surface area contributed by atoms with Gasteiger partial charge < -0.3 is 4.98 Å². The zero-order chi connectivity index (χ0) is 18.2. The third-order valence-electron chi connectivity index (χ3n) is 6.19. The standard InChI is InChI=1S/C24H36IN/c1-2-3-4-5-6-7-8-9-10-11-13-19-14-12-15-21-22-18-20(25)16-17-23(22)26-24(19)21/h16-19,26H,2-15H2,1H3. The molecule has 0 amide bonds. The summed E-state index contributed by atoms with van der Waals surface area (Å²) in [6.07, 6.45) is 19.7. The second kappa shape index (κ2) is 10.7. The van der Waals surface area contributed by atoms with Gasteiger partial charge >= 0.3 is 0 Å². The van der Waals surface area contributed by atoms with Gasteiger partial charge in [0.25, 0.3) is 0 Å². The molecule has 26 heavy (non-hydrogen) atoms. The highest BCUT2D eigenvalue weighted by atomic mass is 127. The van der Waals surface area contributed by atoms with Crippen molar-refractivity contribution in [1.82, 2.24) is 4.98 Å². The Morgan fingerprint density at radius 3 is 2.38 bits per heavy atom. The topological polar surface area (TPSA) is 15.8 Å². The number of aromatic amines is 1. The molecule has 0 bridgehead atoms. The van der Waals surface area contributed by atoms with Crippen LogP contribution in [0.5, 0.6) is 0 Å². The van der Waals surface area contributed by atoms with Crippen LogP contribution in [-0.4, -0.2) is 4.98 Å². The molecule has 2 heteroatoms. The average molecular weight is 465 g/mol. The Morgan fingerprint density at radius 1 is 0.962 bits per heavy atom. The average Bonchev–Trinajstić information content (AvgIpc) is 3.02. The fraction of sp³-hybridized carbons (Fsp3) is 0.667. The summed E-state index contributed by atoms with van der Waals surface area (Å²) in [6, 6.07) is 6.86. The van der Waals surface area contributed by atoms with Crippen LogP contribution in [0.25, 0.3) is 10.9 Å². The molecule has 0 radical (unpaired) electrons. The predicted octanol–water partition coefficient (Wildman–Crippen LogP) is 8.50. The summed E-state index contributed by atoms with van der Waals surface area (Å²) in [7, 11) is 0. The van der Waals surface area contributed by atoms with Crippen molar-refractivity contribution in [2.45, 2.75) is 103 Å². The van der Waals surface area contributed by atoms with Crippen LogP contribution < -0.4 is 0 Å². The Morgan fingerprint density at radius 2 is 1.65 bits per heavy atom. The molecule has 2 aromatic rings. The van der Waals surface area contributed by atoms with E-state index in [1.165, 1.54) is 104 Å². The van der Waals surface area contributed by atoms with Gasteiger partial charge in [-0.1, -0.05) is 71.1 Å². The zero-order valence-corrected chi connectivity index (χ0v) is 18.7. The van der Waals surface area contributed by atoms with Gasteiger partial charge in [-0.25, -0.2) is 0 Å². The Bertz CT molecular complexity index is 672. The molecule has 1 heterocycles. The fourth-order valence-corrected chi connectivity index (χ4v) is 5.19. The summed E-state index contributed by atoms with van der Waals surface area (Å²) in [5.41, 5.74) is 4.55. The molecule has 3 rings (SSSR count). The Labute approximate surface area is 173 Å². The van der Waals surface area contributed by atoms with Crippen LogP contribution in [0.3, 0.4) is 0 Å². The van der Waals surface area contributed by atoms with E-state index in [9.17, 15) is 0 Å². The third kappa shape index (κ3) is 5.50. The number of aryl methyl sites for hydroxylation is 1. The van der Waals surface area contributed by atoms with E-state index in [0.717, 1.165) is 5.92 Å². The van der Waals surface area contributed by atoms with Crippen LogP contribution >= 0.6 is 22.6 Å². The lowest BCUT2D eigenvalue weighted by Gasteiger charge is -2.22. The first-order chi connectivity index (χ1) is 12.8. The molecule has 1 N–H and O–H groups in total. The Hall–Kier alpha value is -0.510. The highest BCUT2D eigenvalue weighted by Crippen LogP contribution is 2.39. The molecule has 0 saturated heterocycles. The highest BCUT2D eigenvalue weighted by Gasteiger charge is 2.23. The molecule has 0 saturated carbocycles. The summed E-state index contributed by atoms with van der Waals surface area (Å²) >= 11 is 2.44. The largest absolute Gasteiger partial charge is 0.358 e. The highest BCUT2D eigenvalue weighted by molar-refractivity contribution is 14.1. The van der Waals surface area contributed by atoms with E-state index in [4.69, 9.17) is 0 Å². The summed E-state index contributed by atoms with van der Waals surface area (Å²) in [4.78, 5) is 3.78. The molecule has 1 nitrogen and oxygen atoms in total. The minimum Gasteiger partial charge on any atom is -0.358 e. The number of H-pyrrole nitrogens is 1. The van der Waals surface area contributed by atoms with Crippen molar-refractivity contribution < 1.29 is 0 Å². The van der Waals surface area contributed by atoms with Crippen LogP contribution in [0, 0.1) is 3.57 Å². The van der Waals surface area contributed by atoms with Gasteiger partial charge in [-0.3, -0.25) is 0 Å². The molecule has 1 aliphatic rings. The lowest BCUT2D eigenvalue weighted by Crippen LogP contribution is -2.09. The van der Waals surface area contributed by atoms with E-state index in [2.05, 4.69) is 52.7 Å². The maximum absolute atomic E-state index is 3.78. The molecule has 1 aromatic carbocycles. The van der Waals surface area contributed by atoms with Gasteiger partial charge in [-0.15, -0.1) is 0 Å². The Balaban J connectivity index is 1.40. The second-order valence-corrected chi connectivity index (χ2v) is 9.51. The second-order valence-electron chi connectivity index (χ2n) is 8.27. The summed E-state index contributed by atoms with van der Waals surface area (Å²) < 4.78 is 1.36. The minimum absolute atomic E-state index is 0.776. The first-order valence-electron chi connectivity index (χ1n) is 11.1. The monoisotopic (exact) mass is 465 g/mol. The SMILES string of the molecule is CCCCCCCCCCCCC1CCCc2c1[nH]c1ccc(I)cc21. The van der Waals surface area contributed by atoms with Crippen molar-refractivity contribution in [2.75, 3.05) is 0 Å². The molecular weight excluding hydrogens is 429 g/mol. The van der Waals surface area contributed by atoms with Crippen molar-refractivity contribution in [3.8, 4) is 0 Å². The van der Waals surface area contributed by atoms with Crippen molar-refractivity contribution >= 4 is 33.5 Å². The smallest absolute Gasteiger partial charge is 0.0459 e. The van der Waals surface area contributed by atoms with E-state index < -0.39 is 0 Å². The molecule has 1 unspecified atom stereocenters. The van der Waals surface area contributed by atoms with Crippen LogP contribution in [-0.2, 0) is 6.42 Å². The summed E-state index contributed by atoms with van der Waals surface area (Å²) in [5, 5.41) is 1.49. The molecule has 1 aliphatic carbocycles. The van der Waals surface area contributed by atoms with E-state index in [1.54, 1.807) is 11.3 Å². The molecule has 0 aliphatic heterocycles. The van der Waals surface area contributed by atoms with Gasteiger partial charge in [0, 0.05) is 20.2 Å². The predicted molar refractivity (Wildman–Crippen MR) is 123 cm³/mol. The van der Waals surface area contributed by atoms with Gasteiger partial charge in [0.1, 0.15) is 0 Å². The number of rotatable bonds is 11. The van der Waals surface area contributed by atoms with Crippen molar-refractivity contribution in [3.05, 3.63) is 33.0 Å². The minimum atomic E-state index is 0.776. The van der Waals surface area contributed by atoms with Crippen molar-refractivity contribution in [3.63, 3.8) is 0 Å². The lowest BCUT2D eigenvalue weighted by molar-refractivity contribution is 0.475. The van der Waals surface area contributed by atoms with E-state index >= 15 is 0 Å². The van der Waals surface area contributed by atoms with Gasteiger partial charge in [-0.2, -0.15) is 0 Å². The van der Waals surface area contributed by atoms with Gasteiger partial charge in [0.2, 0.25) is 0 Å². The normalized spacial score (nSPS) is 16.9. The van der Waals surface area contributed by atoms with E-state index in [0.29, 0.717) is 0 Å². The van der Waals surface area contributed by atoms with Crippen LogP contribution in [0.2, 0.25) is 0 Å². The maximum Gasteiger partial charge on any atom is 0.0459 e. The molecule has 1 aromatic heterocycles. The molecule has 0 spiro atoms. The zero-order valence-electron chi connectivity index (χ0n) is 16.6. The summed E-state index contributed by atoms with van der Waals surface area (Å²) in [5.74, 6) is 0.776. The number of hydrogen-bond donors (Lipinski definition) is 1. The number of halogens is 1.